The fourth-order valence-corrected chi connectivity index (χ4v) is 5.54. The van der Waals surface area contributed by atoms with Crippen molar-refractivity contribution in [3.8, 4) is 17.1 Å². The molecule has 1 aromatic heterocycles. The summed E-state index contributed by atoms with van der Waals surface area (Å²) >= 11 is 0. The van der Waals surface area contributed by atoms with Gasteiger partial charge >= 0.3 is 0 Å². The summed E-state index contributed by atoms with van der Waals surface area (Å²) in [5.41, 5.74) is 3.20. The normalized spacial score (nSPS) is 27.7. The van der Waals surface area contributed by atoms with Crippen molar-refractivity contribution in [2.24, 2.45) is 12.5 Å². The van der Waals surface area contributed by atoms with Crippen molar-refractivity contribution in [2.75, 3.05) is 7.11 Å². The summed E-state index contributed by atoms with van der Waals surface area (Å²) in [5, 5.41) is 9.33. The van der Waals surface area contributed by atoms with Gasteiger partial charge in [-0.1, -0.05) is 13.3 Å². The average molecular weight is 354 g/mol. The minimum Gasteiger partial charge on any atom is -0.497 e. The fourth-order valence-electron chi connectivity index (χ4n) is 5.54. The van der Waals surface area contributed by atoms with Crippen molar-refractivity contribution in [3.05, 3.63) is 29.6 Å². The third-order valence-corrected chi connectivity index (χ3v) is 7.21. The summed E-state index contributed by atoms with van der Waals surface area (Å²) in [4.78, 5) is 0. The second-order valence-electron chi connectivity index (χ2n) is 8.62. The van der Waals surface area contributed by atoms with E-state index in [1.165, 1.54) is 62.8 Å². The van der Waals surface area contributed by atoms with Gasteiger partial charge in [-0.3, -0.25) is 0 Å². The van der Waals surface area contributed by atoms with E-state index in [2.05, 4.69) is 42.7 Å². The maximum Gasteiger partial charge on any atom is 0.163 e. The lowest BCUT2D eigenvalue weighted by molar-refractivity contribution is 0.0264. The van der Waals surface area contributed by atoms with Crippen LogP contribution >= 0.6 is 0 Å². The summed E-state index contributed by atoms with van der Waals surface area (Å²) in [7, 11) is 3.85. The van der Waals surface area contributed by atoms with Crippen molar-refractivity contribution in [2.45, 2.75) is 70.6 Å². The van der Waals surface area contributed by atoms with E-state index < -0.39 is 0 Å². The number of nitrogens with zero attached hydrogens (tertiary/aromatic N) is 3. The lowest BCUT2D eigenvalue weighted by atomic mass is 9.52. The van der Waals surface area contributed by atoms with Crippen molar-refractivity contribution in [3.63, 3.8) is 0 Å². The fraction of sp³-hybridized carbons (Fsp3) is 0.636. The minimum absolute atomic E-state index is 0.246. The molecule has 4 heteroatoms. The Hall–Kier alpha value is -1.84. The molecular formula is C22H31N3O. The molecule has 140 valence electrons. The first-order chi connectivity index (χ1) is 12.5. The molecule has 2 bridgehead atoms. The van der Waals surface area contributed by atoms with E-state index in [0.717, 1.165) is 17.1 Å². The predicted molar refractivity (Wildman–Crippen MR) is 104 cm³/mol. The molecule has 0 unspecified atom stereocenters. The molecule has 1 aromatic carbocycles. The molecule has 0 aliphatic heterocycles. The molecular weight excluding hydrogens is 322 g/mol. The van der Waals surface area contributed by atoms with E-state index in [1.54, 1.807) is 7.11 Å². The van der Waals surface area contributed by atoms with Gasteiger partial charge in [0, 0.05) is 18.0 Å². The maximum atomic E-state index is 5.34. The van der Waals surface area contributed by atoms with E-state index in [1.807, 2.05) is 6.07 Å². The van der Waals surface area contributed by atoms with Crippen LogP contribution in [0.1, 0.15) is 69.7 Å². The van der Waals surface area contributed by atoms with Gasteiger partial charge in [0.2, 0.25) is 0 Å². The summed E-state index contributed by atoms with van der Waals surface area (Å²) in [5.74, 6) is 3.07. The molecule has 0 N–H and O–H groups in total. The Morgan fingerprint density at radius 3 is 2.35 bits per heavy atom. The third-order valence-electron chi connectivity index (χ3n) is 7.21. The SMILES string of the molecule is CCCC12CCC(c3nnc(-c4ccc(OC)cc4C)n3C)(CC1)CC2. The van der Waals surface area contributed by atoms with Crippen LogP contribution in [0.3, 0.4) is 0 Å². The quantitative estimate of drug-likeness (QED) is 0.742. The monoisotopic (exact) mass is 353 g/mol. The van der Waals surface area contributed by atoms with Crippen molar-refractivity contribution in [1.29, 1.82) is 0 Å². The first-order valence-electron chi connectivity index (χ1n) is 10.1. The molecule has 3 aliphatic carbocycles. The number of methoxy groups -OCH3 is 1. The molecule has 0 atom stereocenters. The zero-order chi connectivity index (χ0) is 18.4. The van der Waals surface area contributed by atoms with Crippen LogP contribution in [0.5, 0.6) is 5.75 Å². The van der Waals surface area contributed by atoms with Crippen LogP contribution in [-0.4, -0.2) is 21.9 Å². The number of aromatic nitrogens is 3. The largest absolute Gasteiger partial charge is 0.497 e. The molecule has 0 spiro atoms. The molecule has 0 radical (unpaired) electrons. The summed E-state index contributed by atoms with van der Waals surface area (Å²) in [6.45, 7) is 4.45. The smallest absolute Gasteiger partial charge is 0.163 e. The number of benzene rings is 1. The molecule has 3 fully saturated rings. The Balaban J connectivity index is 1.65. The van der Waals surface area contributed by atoms with Crippen molar-refractivity contribution >= 4 is 0 Å². The number of fused-ring (bicyclic) bond motifs is 3. The number of hydrogen-bond donors (Lipinski definition) is 0. The predicted octanol–water partition coefficient (Wildman–Crippen LogP) is 5.19. The van der Waals surface area contributed by atoms with Crippen molar-refractivity contribution in [1.82, 2.24) is 14.8 Å². The Labute approximate surface area is 157 Å². The number of aryl methyl sites for hydroxylation is 1. The molecule has 1 heterocycles. The Kier molecular flexibility index (Phi) is 4.32. The number of rotatable bonds is 5. The van der Waals surface area contributed by atoms with Gasteiger partial charge in [-0.2, -0.15) is 0 Å². The van der Waals surface area contributed by atoms with Crippen LogP contribution in [0.2, 0.25) is 0 Å². The zero-order valence-electron chi connectivity index (χ0n) is 16.6. The molecule has 3 aliphatic rings. The highest BCUT2D eigenvalue weighted by molar-refractivity contribution is 5.62. The first kappa shape index (κ1) is 17.6. The van der Waals surface area contributed by atoms with Gasteiger partial charge in [-0.25, -0.2) is 0 Å². The van der Waals surface area contributed by atoms with Crippen LogP contribution < -0.4 is 4.74 Å². The lowest BCUT2D eigenvalue weighted by Gasteiger charge is -2.53. The highest BCUT2D eigenvalue weighted by atomic mass is 16.5. The van der Waals surface area contributed by atoms with E-state index in [-0.39, 0.29) is 5.41 Å². The standard InChI is InChI=1S/C22H31N3O/c1-5-8-21-9-12-22(13-10-21,14-11-21)20-24-23-19(25(20)3)18-7-6-17(26-4)15-16(18)2/h6-7,15H,5,8-14H2,1-4H3. The van der Waals surface area contributed by atoms with Gasteiger partial charge in [0.25, 0.3) is 0 Å². The first-order valence-corrected chi connectivity index (χ1v) is 10.1. The van der Waals surface area contributed by atoms with Gasteiger partial charge in [-0.05, 0) is 81.0 Å². The van der Waals surface area contributed by atoms with Gasteiger partial charge in [0.15, 0.2) is 5.82 Å². The van der Waals surface area contributed by atoms with Crippen LogP contribution in [0.25, 0.3) is 11.4 Å². The molecule has 0 saturated heterocycles. The van der Waals surface area contributed by atoms with Gasteiger partial charge in [-0.15, -0.1) is 10.2 Å². The van der Waals surface area contributed by atoms with Gasteiger partial charge < -0.3 is 9.30 Å². The van der Waals surface area contributed by atoms with Gasteiger partial charge in [0.05, 0.1) is 7.11 Å². The van der Waals surface area contributed by atoms with Crippen LogP contribution in [-0.2, 0) is 12.5 Å². The second-order valence-corrected chi connectivity index (χ2v) is 8.62. The topological polar surface area (TPSA) is 39.9 Å². The number of hydrogen-bond acceptors (Lipinski definition) is 3. The summed E-state index contributed by atoms with van der Waals surface area (Å²) in [6, 6.07) is 6.19. The molecule has 5 rings (SSSR count). The van der Waals surface area contributed by atoms with Crippen molar-refractivity contribution < 1.29 is 4.74 Å². The van der Waals surface area contributed by atoms with Gasteiger partial charge in [0.1, 0.15) is 11.6 Å². The third kappa shape index (κ3) is 2.65. The average Bonchev–Trinajstić information content (AvgIpc) is 3.05. The Morgan fingerprint density at radius 2 is 1.77 bits per heavy atom. The van der Waals surface area contributed by atoms with E-state index in [0.29, 0.717) is 5.41 Å². The highest BCUT2D eigenvalue weighted by Crippen LogP contribution is 2.59. The summed E-state index contributed by atoms with van der Waals surface area (Å²) in [6.07, 6.45) is 10.7. The van der Waals surface area contributed by atoms with E-state index in [9.17, 15) is 0 Å². The van der Waals surface area contributed by atoms with Crippen LogP contribution in [0, 0.1) is 12.3 Å². The summed E-state index contributed by atoms with van der Waals surface area (Å²) < 4.78 is 7.60. The minimum atomic E-state index is 0.246. The maximum absolute atomic E-state index is 5.34. The number of ether oxygens (including phenoxy) is 1. The molecule has 2 aromatic rings. The molecule has 3 saturated carbocycles. The van der Waals surface area contributed by atoms with Crippen LogP contribution in [0.4, 0.5) is 0 Å². The zero-order valence-corrected chi connectivity index (χ0v) is 16.6. The molecule has 0 amide bonds. The van der Waals surface area contributed by atoms with Crippen LogP contribution in [0.15, 0.2) is 18.2 Å². The van der Waals surface area contributed by atoms with E-state index >= 15 is 0 Å². The Bertz CT molecular complexity index is 783. The Morgan fingerprint density at radius 1 is 1.08 bits per heavy atom. The molecule has 26 heavy (non-hydrogen) atoms. The van der Waals surface area contributed by atoms with E-state index in [4.69, 9.17) is 9.84 Å². The molecule has 4 nitrogen and oxygen atoms in total. The second kappa shape index (κ2) is 6.40. The highest BCUT2D eigenvalue weighted by Gasteiger charge is 2.50. The lowest BCUT2D eigenvalue weighted by Crippen LogP contribution is -2.45.